The molecule has 24 heavy (non-hydrogen) atoms. The molecule has 1 aliphatic carbocycles. The summed E-state index contributed by atoms with van der Waals surface area (Å²) in [5.41, 5.74) is 1.12. The van der Waals surface area contributed by atoms with E-state index in [1.807, 2.05) is 41.1 Å². The van der Waals surface area contributed by atoms with Crippen LogP contribution in [0.4, 0.5) is 4.79 Å². The number of carbonyl (C=O) groups is 1. The lowest BCUT2D eigenvalue weighted by atomic mass is 9.85. The zero-order chi connectivity index (χ0) is 16.7. The number of methoxy groups -OCH3 is 1. The number of rotatable bonds is 3. The Labute approximate surface area is 142 Å². The van der Waals surface area contributed by atoms with E-state index in [-0.39, 0.29) is 18.1 Å². The van der Waals surface area contributed by atoms with Crippen molar-refractivity contribution < 1.29 is 19.0 Å². The standard InChI is InChI=1S/C18H24N2O4/c1-19-16-11-18(23-9-10-24-18)8-7-15(16)20(17(19)21)12-13-3-5-14(22-2)6-4-13/h3-6,15-16H,7-12H2,1-2H3/t15-,16-/m0/s1. The van der Waals surface area contributed by atoms with E-state index in [1.165, 1.54) is 0 Å². The van der Waals surface area contributed by atoms with E-state index in [1.54, 1.807) is 7.11 Å². The van der Waals surface area contributed by atoms with Gasteiger partial charge in [-0.3, -0.25) is 0 Å². The van der Waals surface area contributed by atoms with Crippen LogP contribution in [0.1, 0.15) is 24.8 Å². The average Bonchev–Trinajstić information content (AvgIpc) is 3.15. The number of carbonyl (C=O) groups excluding carboxylic acids is 1. The summed E-state index contributed by atoms with van der Waals surface area (Å²) < 4.78 is 16.9. The van der Waals surface area contributed by atoms with Gasteiger partial charge in [0.05, 0.1) is 32.4 Å². The van der Waals surface area contributed by atoms with Crippen LogP contribution in [-0.4, -0.2) is 61.1 Å². The van der Waals surface area contributed by atoms with E-state index in [2.05, 4.69) is 0 Å². The first-order valence-corrected chi connectivity index (χ1v) is 8.56. The molecule has 0 aromatic heterocycles. The number of nitrogens with zero attached hydrogens (tertiary/aromatic N) is 2. The Kier molecular flexibility index (Phi) is 3.89. The number of urea groups is 1. The summed E-state index contributed by atoms with van der Waals surface area (Å²) in [4.78, 5) is 16.6. The Morgan fingerprint density at radius 2 is 1.92 bits per heavy atom. The highest BCUT2D eigenvalue weighted by Crippen LogP contribution is 2.42. The summed E-state index contributed by atoms with van der Waals surface area (Å²) in [5, 5.41) is 0. The summed E-state index contributed by atoms with van der Waals surface area (Å²) in [7, 11) is 3.55. The SMILES string of the molecule is COc1ccc(CN2C(=O)N(C)[C@H]3CC4(CC[C@@H]32)OCCO4)cc1. The van der Waals surface area contributed by atoms with Crippen molar-refractivity contribution >= 4 is 6.03 Å². The molecule has 6 heteroatoms. The number of fused-ring (bicyclic) bond motifs is 1. The molecule has 1 spiro atoms. The van der Waals surface area contributed by atoms with Crippen LogP contribution < -0.4 is 4.74 Å². The minimum Gasteiger partial charge on any atom is -0.497 e. The van der Waals surface area contributed by atoms with Gasteiger partial charge in [-0.05, 0) is 24.1 Å². The minimum absolute atomic E-state index is 0.0934. The van der Waals surface area contributed by atoms with Gasteiger partial charge in [-0.2, -0.15) is 0 Å². The molecule has 4 rings (SSSR count). The number of hydrogen-bond acceptors (Lipinski definition) is 4. The third kappa shape index (κ3) is 2.54. The first-order chi connectivity index (χ1) is 11.6. The van der Waals surface area contributed by atoms with Gasteiger partial charge in [0.2, 0.25) is 0 Å². The van der Waals surface area contributed by atoms with Gasteiger partial charge in [0.15, 0.2) is 5.79 Å². The molecule has 1 aromatic carbocycles. The average molecular weight is 332 g/mol. The molecule has 1 saturated carbocycles. The van der Waals surface area contributed by atoms with Gasteiger partial charge in [0.25, 0.3) is 0 Å². The molecule has 0 N–H and O–H groups in total. The van der Waals surface area contributed by atoms with Crippen molar-refractivity contribution in [2.45, 2.75) is 43.7 Å². The molecular weight excluding hydrogens is 308 g/mol. The molecule has 3 fully saturated rings. The van der Waals surface area contributed by atoms with Gasteiger partial charge >= 0.3 is 6.03 Å². The van der Waals surface area contributed by atoms with Crippen LogP contribution in [-0.2, 0) is 16.0 Å². The third-order valence-electron chi connectivity index (χ3n) is 5.56. The predicted octanol–water partition coefficient (Wildman–Crippen LogP) is 2.23. The van der Waals surface area contributed by atoms with Gasteiger partial charge in [0.1, 0.15) is 5.75 Å². The largest absolute Gasteiger partial charge is 0.497 e. The van der Waals surface area contributed by atoms with Crippen molar-refractivity contribution in [2.75, 3.05) is 27.4 Å². The highest BCUT2D eigenvalue weighted by molar-refractivity contribution is 5.77. The second kappa shape index (κ2) is 5.93. The number of amides is 2. The normalized spacial score (nSPS) is 28.5. The molecule has 1 aromatic rings. The number of ether oxygens (including phenoxy) is 3. The summed E-state index contributed by atoms with van der Waals surface area (Å²) in [6.07, 6.45) is 2.53. The molecule has 2 heterocycles. The van der Waals surface area contributed by atoms with Crippen LogP contribution in [0.25, 0.3) is 0 Å². The van der Waals surface area contributed by atoms with Crippen molar-refractivity contribution in [1.29, 1.82) is 0 Å². The number of likely N-dealkylation sites (N-methyl/N-ethyl adjacent to an activating group) is 1. The van der Waals surface area contributed by atoms with Gasteiger partial charge < -0.3 is 24.0 Å². The van der Waals surface area contributed by atoms with Crippen LogP contribution in [0.2, 0.25) is 0 Å². The Morgan fingerprint density at radius 1 is 1.21 bits per heavy atom. The zero-order valence-corrected chi connectivity index (χ0v) is 14.2. The van der Waals surface area contributed by atoms with E-state index in [0.29, 0.717) is 19.8 Å². The van der Waals surface area contributed by atoms with Crippen molar-refractivity contribution in [3.63, 3.8) is 0 Å². The molecular formula is C18H24N2O4. The fourth-order valence-electron chi connectivity index (χ4n) is 4.23. The van der Waals surface area contributed by atoms with Gasteiger partial charge in [-0.25, -0.2) is 4.79 Å². The van der Waals surface area contributed by atoms with Crippen LogP contribution in [0.5, 0.6) is 5.75 Å². The molecule has 2 saturated heterocycles. The fourth-order valence-corrected chi connectivity index (χ4v) is 4.23. The quantitative estimate of drug-likeness (QED) is 0.852. The van der Waals surface area contributed by atoms with E-state index in [9.17, 15) is 4.79 Å². The van der Waals surface area contributed by atoms with Crippen LogP contribution in [0, 0.1) is 0 Å². The van der Waals surface area contributed by atoms with Gasteiger partial charge in [0, 0.05) is 26.4 Å². The van der Waals surface area contributed by atoms with E-state index < -0.39 is 5.79 Å². The maximum Gasteiger partial charge on any atom is 0.320 e. The van der Waals surface area contributed by atoms with Crippen LogP contribution in [0.15, 0.2) is 24.3 Å². The van der Waals surface area contributed by atoms with Gasteiger partial charge in [-0.1, -0.05) is 12.1 Å². The van der Waals surface area contributed by atoms with Crippen molar-refractivity contribution in [3.05, 3.63) is 29.8 Å². The van der Waals surface area contributed by atoms with E-state index in [0.717, 1.165) is 30.6 Å². The Morgan fingerprint density at radius 3 is 2.58 bits per heavy atom. The molecule has 3 aliphatic rings. The van der Waals surface area contributed by atoms with Crippen molar-refractivity contribution in [2.24, 2.45) is 0 Å². The smallest absolute Gasteiger partial charge is 0.320 e. The molecule has 2 atom stereocenters. The topological polar surface area (TPSA) is 51.2 Å². The number of hydrogen-bond donors (Lipinski definition) is 0. The van der Waals surface area contributed by atoms with E-state index >= 15 is 0 Å². The summed E-state index contributed by atoms with van der Waals surface area (Å²) in [6, 6.07) is 8.39. The molecule has 0 radical (unpaired) electrons. The fraction of sp³-hybridized carbons (Fsp3) is 0.611. The van der Waals surface area contributed by atoms with Crippen molar-refractivity contribution in [3.8, 4) is 5.75 Å². The highest BCUT2D eigenvalue weighted by atomic mass is 16.7. The van der Waals surface area contributed by atoms with Crippen LogP contribution >= 0.6 is 0 Å². The summed E-state index contributed by atoms with van der Waals surface area (Å²) in [5.74, 6) is 0.364. The first-order valence-electron chi connectivity index (χ1n) is 8.56. The lowest BCUT2D eigenvalue weighted by Gasteiger charge is -2.40. The van der Waals surface area contributed by atoms with Crippen LogP contribution in [0.3, 0.4) is 0 Å². The lowest BCUT2D eigenvalue weighted by molar-refractivity contribution is -0.189. The zero-order valence-electron chi connectivity index (χ0n) is 14.2. The third-order valence-corrected chi connectivity index (χ3v) is 5.56. The molecule has 0 bridgehead atoms. The van der Waals surface area contributed by atoms with E-state index in [4.69, 9.17) is 14.2 Å². The maximum atomic E-state index is 12.7. The molecule has 0 unspecified atom stereocenters. The molecule has 6 nitrogen and oxygen atoms in total. The van der Waals surface area contributed by atoms with Crippen molar-refractivity contribution in [1.82, 2.24) is 9.80 Å². The van der Waals surface area contributed by atoms with Gasteiger partial charge in [-0.15, -0.1) is 0 Å². The summed E-state index contributed by atoms with van der Waals surface area (Å²) >= 11 is 0. The summed E-state index contributed by atoms with van der Waals surface area (Å²) in [6.45, 7) is 1.94. The maximum absolute atomic E-state index is 12.7. The first kappa shape index (κ1) is 15.7. The predicted molar refractivity (Wildman–Crippen MR) is 87.8 cm³/mol. The molecule has 2 aliphatic heterocycles. The second-order valence-electron chi connectivity index (χ2n) is 6.85. The lowest BCUT2D eigenvalue weighted by Crippen LogP contribution is -2.49. The Balaban J connectivity index is 1.51. The minimum atomic E-state index is -0.466. The molecule has 130 valence electrons. The Hall–Kier alpha value is -1.79. The Bertz CT molecular complexity index is 612. The molecule has 2 amide bonds. The highest BCUT2D eigenvalue weighted by Gasteiger charge is 2.53. The monoisotopic (exact) mass is 332 g/mol. The number of benzene rings is 1. The second-order valence-corrected chi connectivity index (χ2v) is 6.85.